The monoisotopic (exact) mass is 542 g/mol. The van der Waals surface area contributed by atoms with Gasteiger partial charge in [-0.2, -0.15) is 4.98 Å². The molecule has 1 unspecified atom stereocenters. The third-order valence-electron chi connectivity index (χ3n) is 6.52. The Morgan fingerprint density at radius 1 is 1.22 bits per heavy atom. The third-order valence-corrected chi connectivity index (χ3v) is 7.36. The van der Waals surface area contributed by atoms with Crippen molar-refractivity contribution in [1.82, 2.24) is 19.6 Å². The van der Waals surface area contributed by atoms with E-state index in [1.165, 1.54) is 17.3 Å². The van der Waals surface area contributed by atoms with E-state index < -0.39 is 21.8 Å². The summed E-state index contributed by atoms with van der Waals surface area (Å²) in [6.07, 6.45) is 3.40. The fourth-order valence-electron chi connectivity index (χ4n) is 4.81. The molecule has 12 heteroatoms. The standard InChI is InChI=1S/C25H27ClN6O4S/c1-31-9-8-15-11-22(36-2)20(10-16(15)13-31)28-25-27-12-19(26)23(29-25)32-14-18(24(33)30-37(3,34)35)17-6-4-5-7-21(17)32/h4-7,10-12,18H,8-9,13-14H2,1-3H3,(H,30,33)(H,27,28,29). The molecule has 0 fully saturated rings. The predicted octanol–water partition coefficient (Wildman–Crippen LogP) is 3.18. The second-order valence-electron chi connectivity index (χ2n) is 9.26. The Hall–Kier alpha value is -3.41. The number of para-hydroxylation sites is 1. The summed E-state index contributed by atoms with van der Waals surface area (Å²) in [7, 11) is 0.00698. The molecule has 2 aromatic carbocycles. The molecule has 1 aromatic heterocycles. The van der Waals surface area contributed by atoms with Crippen LogP contribution in [-0.4, -0.2) is 62.7 Å². The molecule has 1 amide bonds. The molecule has 1 atom stereocenters. The van der Waals surface area contributed by atoms with Crippen molar-refractivity contribution in [2.45, 2.75) is 18.9 Å². The number of nitrogens with one attached hydrogen (secondary N) is 2. The number of carbonyl (C=O) groups excluding carboxylic acids is 1. The number of hydrogen-bond acceptors (Lipinski definition) is 9. The molecule has 0 aliphatic carbocycles. The number of carbonyl (C=O) groups is 1. The van der Waals surface area contributed by atoms with Gasteiger partial charge in [-0.3, -0.25) is 9.52 Å². The highest BCUT2D eigenvalue weighted by atomic mass is 35.5. The number of rotatable bonds is 6. The Balaban J connectivity index is 1.48. The highest BCUT2D eigenvalue weighted by molar-refractivity contribution is 7.89. The van der Waals surface area contributed by atoms with E-state index in [-0.39, 0.29) is 6.54 Å². The van der Waals surface area contributed by atoms with Crippen molar-refractivity contribution in [1.29, 1.82) is 0 Å². The molecule has 0 saturated heterocycles. The maximum atomic E-state index is 12.8. The van der Waals surface area contributed by atoms with Crippen molar-refractivity contribution < 1.29 is 17.9 Å². The molecule has 5 rings (SSSR count). The summed E-state index contributed by atoms with van der Waals surface area (Å²) >= 11 is 6.53. The molecule has 0 bridgehead atoms. The maximum Gasteiger partial charge on any atom is 0.242 e. The minimum atomic E-state index is -3.71. The number of benzene rings is 2. The van der Waals surface area contributed by atoms with Gasteiger partial charge < -0.3 is 19.9 Å². The van der Waals surface area contributed by atoms with Crippen LogP contribution in [0.25, 0.3) is 0 Å². The van der Waals surface area contributed by atoms with E-state index in [1.807, 2.05) is 18.2 Å². The fourth-order valence-corrected chi connectivity index (χ4v) is 5.51. The first-order valence-electron chi connectivity index (χ1n) is 11.7. The van der Waals surface area contributed by atoms with Crippen LogP contribution >= 0.6 is 11.6 Å². The molecule has 10 nitrogen and oxygen atoms in total. The number of anilines is 4. The molecule has 2 N–H and O–H groups in total. The number of fused-ring (bicyclic) bond motifs is 2. The van der Waals surface area contributed by atoms with Crippen LogP contribution in [0.15, 0.2) is 42.6 Å². The van der Waals surface area contributed by atoms with Crippen LogP contribution in [0.3, 0.4) is 0 Å². The molecule has 3 aromatic rings. The smallest absolute Gasteiger partial charge is 0.242 e. The van der Waals surface area contributed by atoms with Crippen molar-refractivity contribution in [3.8, 4) is 5.75 Å². The van der Waals surface area contributed by atoms with Crippen LogP contribution in [-0.2, 0) is 27.8 Å². The highest BCUT2D eigenvalue weighted by Gasteiger charge is 2.36. The predicted molar refractivity (Wildman–Crippen MR) is 143 cm³/mol. The lowest BCUT2D eigenvalue weighted by atomic mass is 9.99. The van der Waals surface area contributed by atoms with Crippen LogP contribution in [0.2, 0.25) is 5.02 Å². The van der Waals surface area contributed by atoms with Gasteiger partial charge in [0.2, 0.25) is 21.9 Å². The summed E-state index contributed by atoms with van der Waals surface area (Å²) in [5.41, 5.74) is 4.60. The van der Waals surface area contributed by atoms with Gasteiger partial charge in [0.1, 0.15) is 10.8 Å². The summed E-state index contributed by atoms with van der Waals surface area (Å²) in [5.74, 6) is 0.0736. The Bertz CT molecular complexity index is 1480. The average Bonchev–Trinajstić information content (AvgIpc) is 3.23. The Morgan fingerprint density at radius 3 is 2.76 bits per heavy atom. The van der Waals surface area contributed by atoms with Crippen molar-refractivity contribution in [2.24, 2.45) is 0 Å². The first-order valence-corrected chi connectivity index (χ1v) is 14.0. The molecule has 37 heavy (non-hydrogen) atoms. The van der Waals surface area contributed by atoms with Crippen LogP contribution < -0.4 is 19.7 Å². The summed E-state index contributed by atoms with van der Waals surface area (Å²) in [4.78, 5) is 25.9. The average molecular weight is 543 g/mol. The van der Waals surface area contributed by atoms with Gasteiger partial charge in [0.15, 0.2) is 5.82 Å². The Morgan fingerprint density at radius 2 is 2.00 bits per heavy atom. The lowest BCUT2D eigenvalue weighted by molar-refractivity contribution is -0.120. The quantitative estimate of drug-likeness (QED) is 0.484. The number of sulfonamides is 1. The number of amides is 1. The van der Waals surface area contributed by atoms with Gasteiger partial charge in [-0.15, -0.1) is 0 Å². The van der Waals surface area contributed by atoms with Crippen molar-refractivity contribution in [3.05, 3.63) is 64.3 Å². The first-order chi connectivity index (χ1) is 17.6. The summed E-state index contributed by atoms with van der Waals surface area (Å²) < 4.78 is 31.1. The summed E-state index contributed by atoms with van der Waals surface area (Å²) in [6, 6.07) is 11.4. The zero-order chi connectivity index (χ0) is 26.3. The van der Waals surface area contributed by atoms with Crippen molar-refractivity contribution in [2.75, 3.05) is 43.7 Å². The molecule has 2 aliphatic rings. The molecule has 0 saturated carbocycles. The number of hydrogen-bond donors (Lipinski definition) is 2. The van der Waals surface area contributed by atoms with E-state index in [9.17, 15) is 13.2 Å². The number of nitrogens with zero attached hydrogens (tertiary/aromatic N) is 4. The topological polar surface area (TPSA) is 117 Å². The number of methoxy groups -OCH3 is 1. The van der Waals surface area contributed by atoms with E-state index in [1.54, 1.807) is 24.1 Å². The van der Waals surface area contributed by atoms with Gasteiger partial charge in [0, 0.05) is 25.3 Å². The van der Waals surface area contributed by atoms with Crippen molar-refractivity contribution in [3.63, 3.8) is 0 Å². The lowest BCUT2D eigenvalue weighted by Crippen LogP contribution is -2.35. The van der Waals surface area contributed by atoms with E-state index >= 15 is 0 Å². The normalized spacial score (nSPS) is 17.2. The second-order valence-corrected chi connectivity index (χ2v) is 11.4. The van der Waals surface area contributed by atoms with Gasteiger partial charge in [0.25, 0.3) is 0 Å². The molecule has 3 heterocycles. The van der Waals surface area contributed by atoms with Crippen LogP contribution in [0.4, 0.5) is 23.1 Å². The first kappa shape index (κ1) is 25.2. The van der Waals surface area contributed by atoms with E-state index in [0.29, 0.717) is 28.1 Å². The van der Waals surface area contributed by atoms with E-state index in [0.717, 1.165) is 37.1 Å². The second kappa shape index (κ2) is 9.81. The fraction of sp³-hybridized carbons (Fsp3) is 0.320. The molecular formula is C25H27ClN6O4S. The Kier molecular flexibility index (Phi) is 6.69. The third kappa shape index (κ3) is 5.20. The highest BCUT2D eigenvalue weighted by Crippen LogP contribution is 2.43. The minimum absolute atomic E-state index is 0.172. The zero-order valence-corrected chi connectivity index (χ0v) is 22.2. The molecular weight excluding hydrogens is 516 g/mol. The number of ether oxygens (including phenoxy) is 1. The van der Waals surface area contributed by atoms with Gasteiger partial charge in [-0.25, -0.2) is 13.4 Å². The van der Waals surface area contributed by atoms with E-state index in [4.69, 9.17) is 16.3 Å². The van der Waals surface area contributed by atoms with Crippen LogP contribution in [0.5, 0.6) is 5.75 Å². The van der Waals surface area contributed by atoms with Gasteiger partial charge in [0.05, 0.1) is 31.2 Å². The number of halogens is 1. The number of aromatic nitrogens is 2. The molecule has 2 aliphatic heterocycles. The summed E-state index contributed by atoms with van der Waals surface area (Å²) in [6.45, 7) is 2.00. The molecule has 194 valence electrons. The maximum absolute atomic E-state index is 12.8. The number of likely N-dealkylation sites (N-methyl/N-ethyl adjacent to an activating group) is 1. The molecule has 0 spiro atoms. The minimum Gasteiger partial charge on any atom is -0.495 e. The largest absolute Gasteiger partial charge is 0.495 e. The van der Waals surface area contributed by atoms with Crippen molar-refractivity contribution >= 4 is 50.7 Å². The van der Waals surface area contributed by atoms with Gasteiger partial charge in [-0.05, 0) is 48.4 Å². The van der Waals surface area contributed by atoms with Crippen LogP contribution in [0, 0.1) is 0 Å². The van der Waals surface area contributed by atoms with Gasteiger partial charge >= 0.3 is 0 Å². The molecule has 0 radical (unpaired) electrons. The zero-order valence-electron chi connectivity index (χ0n) is 20.7. The van der Waals surface area contributed by atoms with Crippen LogP contribution in [0.1, 0.15) is 22.6 Å². The Labute approximate surface area is 220 Å². The SMILES string of the molecule is COc1cc2c(cc1Nc1ncc(Cl)c(N3CC(C(=O)NS(C)(=O)=O)c4ccccc43)n1)CN(C)CC2. The summed E-state index contributed by atoms with van der Waals surface area (Å²) in [5, 5.41) is 3.55. The van der Waals surface area contributed by atoms with E-state index in [2.05, 4.69) is 38.0 Å². The lowest BCUT2D eigenvalue weighted by Gasteiger charge is -2.26. The van der Waals surface area contributed by atoms with Gasteiger partial charge in [-0.1, -0.05) is 29.8 Å².